The summed E-state index contributed by atoms with van der Waals surface area (Å²) in [6, 6.07) is 3.81. The lowest BCUT2D eigenvalue weighted by molar-refractivity contribution is 0.354. The first-order valence-electron chi connectivity index (χ1n) is 6.24. The molecule has 114 valence electrons. The van der Waals surface area contributed by atoms with E-state index in [9.17, 15) is 20.1 Å². The Morgan fingerprint density at radius 2 is 1.59 bits per heavy atom. The number of ether oxygens (including phenoxy) is 2. The van der Waals surface area contributed by atoms with Crippen LogP contribution in [0, 0.1) is 0 Å². The third kappa shape index (κ3) is 1.79. The largest absolute Gasteiger partial charge is 0.507 e. The van der Waals surface area contributed by atoms with Gasteiger partial charge in [-0.05, 0) is 0 Å². The van der Waals surface area contributed by atoms with Gasteiger partial charge in [-0.3, -0.25) is 4.79 Å². The van der Waals surface area contributed by atoms with Gasteiger partial charge in [0.25, 0.3) is 0 Å². The van der Waals surface area contributed by atoms with Crippen molar-refractivity contribution in [2.45, 2.75) is 0 Å². The summed E-state index contributed by atoms with van der Waals surface area (Å²) in [6.07, 6.45) is 0. The first-order chi connectivity index (χ1) is 10.5. The number of phenols is 3. The Kier molecular flexibility index (Phi) is 2.98. The van der Waals surface area contributed by atoms with Crippen LogP contribution in [0.1, 0.15) is 0 Å². The molecule has 0 saturated heterocycles. The summed E-state index contributed by atoms with van der Waals surface area (Å²) in [4.78, 5) is 12.6. The summed E-state index contributed by atoms with van der Waals surface area (Å²) in [5.41, 5.74) is -0.498. The molecule has 0 unspecified atom stereocenters. The van der Waals surface area contributed by atoms with Crippen molar-refractivity contribution in [3.05, 3.63) is 28.4 Å². The van der Waals surface area contributed by atoms with Gasteiger partial charge in [0.15, 0.2) is 11.5 Å². The normalized spacial score (nSPS) is 11.0. The van der Waals surface area contributed by atoms with Crippen molar-refractivity contribution in [3.8, 4) is 28.7 Å². The van der Waals surface area contributed by atoms with Crippen LogP contribution in [0.3, 0.4) is 0 Å². The van der Waals surface area contributed by atoms with Gasteiger partial charge in [-0.15, -0.1) is 0 Å². The second-order valence-electron chi connectivity index (χ2n) is 4.60. The van der Waals surface area contributed by atoms with Crippen molar-refractivity contribution >= 4 is 21.9 Å². The minimum absolute atomic E-state index is 0.0114. The van der Waals surface area contributed by atoms with E-state index in [1.165, 1.54) is 26.4 Å². The Morgan fingerprint density at radius 3 is 2.23 bits per heavy atom. The number of benzene rings is 2. The SMILES string of the molecule is COc1cc(O)c2c(=O)c3c(OC)c(O)c(O)cc3oc2c1. The predicted molar refractivity (Wildman–Crippen MR) is 78.1 cm³/mol. The predicted octanol–water partition coefficient (Wildman–Crippen LogP) is 2.08. The number of hydrogen-bond acceptors (Lipinski definition) is 7. The molecular weight excluding hydrogens is 292 g/mol. The summed E-state index contributed by atoms with van der Waals surface area (Å²) >= 11 is 0. The Bertz CT molecular complexity index is 956. The lowest BCUT2D eigenvalue weighted by Crippen LogP contribution is -2.05. The lowest BCUT2D eigenvalue weighted by Gasteiger charge is -2.10. The average molecular weight is 304 g/mol. The molecule has 2 aromatic carbocycles. The second-order valence-corrected chi connectivity index (χ2v) is 4.60. The lowest BCUT2D eigenvalue weighted by atomic mass is 10.1. The van der Waals surface area contributed by atoms with Crippen LogP contribution < -0.4 is 14.9 Å². The standard InChI is InChI=1S/C15H12O7/c1-20-6-3-7(16)11-9(4-6)22-10-5-8(17)13(18)15(21-2)12(10)14(11)19/h3-5,16-18H,1-2H3. The maximum Gasteiger partial charge on any atom is 0.208 e. The highest BCUT2D eigenvalue weighted by Crippen LogP contribution is 2.42. The minimum Gasteiger partial charge on any atom is -0.507 e. The Hall–Kier alpha value is -3.09. The Labute approximate surface area is 123 Å². The molecular formula is C15H12O7. The summed E-state index contributed by atoms with van der Waals surface area (Å²) in [6.45, 7) is 0. The zero-order valence-corrected chi connectivity index (χ0v) is 11.7. The van der Waals surface area contributed by atoms with E-state index in [2.05, 4.69) is 0 Å². The minimum atomic E-state index is -0.594. The van der Waals surface area contributed by atoms with Crippen LogP contribution in [0.4, 0.5) is 0 Å². The van der Waals surface area contributed by atoms with Gasteiger partial charge in [-0.2, -0.15) is 0 Å². The quantitative estimate of drug-likeness (QED) is 0.491. The molecule has 7 nitrogen and oxygen atoms in total. The van der Waals surface area contributed by atoms with Gasteiger partial charge >= 0.3 is 0 Å². The van der Waals surface area contributed by atoms with E-state index >= 15 is 0 Å². The molecule has 0 atom stereocenters. The second kappa shape index (κ2) is 4.73. The molecule has 0 aliphatic carbocycles. The molecule has 0 bridgehead atoms. The average Bonchev–Trinajstić information content (AvgIpc) is 2.48. The van der Waals surface area contributed by atoms with Crippen molar-refractivity contribution < 1.29 is 29.2 Å². The maximum atomic E-state index is 12.6. The molecule has 22 heavy (non-hydrogen) atoms. The highest BCUT2D eigenvalue weighted by atomic mass is 16.5. The van der Waals surface area contributed by atoms with E-state index in [1.807, 2.05) is 0 Å². The van der Waals surface area contributed by atoms with Crippen LogP contribution in [0.2, 0.25) is 0 Å². The molecule has 3 N–H and O–H groups in total. The van der Waals surface area contributed by atoms with Crippen molar-refractivity contribution in [2.24, 2.45) is 0 Å². The number of fused-ring (bicyclic) bond motifs is 2. The smallest absolute Gasteiger partial charge is 0.208 e. The van der Waals surface area contributed by atoms with E-state index in [0.717, 1.165) is 6.07 Å². The third-order valence-corrected chi connectivity index (χ3v) is 3.37. The number of rotatable bonds is 2. The summed E-state index contributed by atoms with van der Waals surface area (Å²) in [5, 5.41) is 29.4. The molecule has 3 aromatic rings. The molecule has 1 heterocycles. The van der Waals surface area contributed by atoms with Gasteiger partial charge in [0, 0.05) is 18.2 Å². The number of phenolic OH excluding ortho intramolecular Hbond substituents is 3. The summed E-state index contributed by atoms with van der Waals surface area (Å²) in [5.74, 6) is -1.29. The van der Waals surface area contributed by atoms with Gasteiger partial charge < -0.3 is 29.2 Å². The maximum absolute atomic E-state index is 12.6. The summed E-state index contributed by atoms with van der Waals surface area (Å²) < 4.78 is 15.5. The van der Waals surface area contributed by atoms with Crippen LogP contribution >= 0.6 is 0 Å². The Morgan fingerprint density at radius 1 is 0.909 bits per heavy atom. The number of aromatic hydroxyl groups is 3. The topological polar surface area (TPSA) is 109 Å². The molecule has 0 fully saturated rings. The molecule has 7 heteroatoms. The third-order valence-electron chi connectivity index (χ3n) is 3.37. The number of methoxy groups -OCH3 is 2. The van der Waals surface area contributed by atoms with E-state index in [1.54, 1.807) is 0 Å². The fourth-order valence-electron chi connectivity index (χ4n) is 2.35. The first-order valence-corrected chi connectivity index (χ1v) is 6.24. The number of hydrogen-bond donors (Lipinski definition) is 3. The highest BCUT2D eigenvalue weighted by molar-refractivity contribution is 5.98. The van der Waals surface area contributed by atoms with Gasteiger partial charge in [0.05, 0.1) is 14.2 Å². The van der Waals surface area contributed by atoms with E-state index in [0.29, 0.717) is 5.75 Å². The van der Waals surface area contributed by atoms with Crippen LogP contribution in [-0.2, 0) is 0 Å². The van der Waals surface area contributed by atoms with Crippen LogP contribution in [-0.4, -0.2) is 29.5 Å². The van der Waals surface area contributed by atoms with Gasteiger partial charge in [0.1, 0.15) is 33.4 Å². The summed E-state index contributed by atoms with van der Waals surface area (Å²) in [7, 11) is 2.65. The zero-order valence-electron chi connectivity index (χ0n) is 11.7. The van der Waals surface area contributed by atoms with Crippen molar-refractivity contribution in [1.82, 2.24) is 0 Å². The molecule has 0 aliphatic heterocycles. The Balaban J connectivity index is 2.58. The molecule has 0 saturated carbocycles. The monoisotopic (exact) mass is 304 g/mol. The molecule has 0 amide bonds. The fraction of sp³-hybridized carbons (Fsp3) is 0.133. The molecule has 3 rings (SSSR count). The molecule has 0 radical (unpaired) electrons. The molecule has 1 aromatic heterocycles. The van der Waals surface area contributed by atoms with Crippen LogP contribution in [0.15, 0.2) is 27.4 Å². The zero-order chi connectivity index (χ0) is 16.0. The van der Waals surface area contributed by atoms with Gasteiger partial charge in [-0.25, -0.2) is 0 Å². The van der Waals surface area contributed by atoms with E-state index in [-0.39, 0.29) is 33.4 Å². The fourth-order valence-corrected chi connectivity index (χ4v) is 2.35. The van der Waals surface area contributed by atoms with Gasteiger partial charge in [0.2, 0.25) is 11.2 Å². The van der Waals surface area contributed by atoms with Crippen LogP contribution in [0.25, 0.3) is 21.9 Å². The van der Waals surface area contributed by atoms with Crippen LogP contribution in [0.5, 0.6) is 28.7 Å². The first kappa shape index (κ1) is 13.9. The van der Waals surface area contributed by atoms with Gasteiger partial charge in [-0.1, -0.05) is 0 Å². The highest BCUT2D eigenvalue weighted by Gasteiger charge is 2.21. The van der Waals surface area contributed by atoms with E-state index < -0.39 is 16.9 Å². The molecule has 0 aliphatic rings. The molecule has 0 spiro atoms. The van der Waals surface area contributed by atoms with Crippen molar-refractivity contribution in [1.29, 1.82) is 0 Å². The van der Waals surface area contributed by atoms with Crippen molar-refractivity contribution in [3.63, 3.8) is 0 Å². The van der Waals surface area contributed by atoms with Crippen molar-refractivity contribution in [2.75, 3.05) is 14.2 Å². The van der Waals surface area contributed by atoms with E-state index in [4.69, 9.17) is 13.9 Å².